The number of aromatic nitrogens is 1. The third kappa shape index (κ3) is 3.77. The van der Waals surface area contributed by atoms with Crippen LogP contribution in [0.15, 0.2) is 36.5 Å². The lowest BCUT2D eigenvalue weighted by molar-refractivity contribution is -0.117. The summed E-state index contributed by atoms with van der Waals surface area (Å²) in [5, 5.41) is 6.21. The van der Waals surface area contributed by atoms with Crippen molar-refractivity contribution in [1.29, 1.82) is 0 Å². The van der Waals surface area contributed by atoms with Crippen molar-refractivity contribution in [3.05, 3.63) is 53.2 Å². The summed E-state index contributed by atoms with van der Waals surface area (Å²) < 4.78 is 5.44. The molecular formula is C23H26N4O3. The highest BCUT2D eigenvalue weighted by Gasteiger charge is 2.30. The van der Waals surface area contributed by atoms with Gasteiger partial charge >= 0.3 is 0 Å². The van der Waals surface area contributed by atoms with Crippen LogP contribution in [0.25, 0.3) is 0 Å². The molecule has 5 rings (SSSR count). The van der Waals surface area contributed by atoms with E-state index in [1.807, 2.05) is 12.1 Å². The average Bonchev–Trinajstić information content (AvgIpc) is 3.18. The molecule has 0 unspecified atom stereocenters. The first kappa shape index (κ1) is 19.1. The number of hydrogen-bond acceptors (Lipinski definition) is 5. The zero-order chi connectivity index (χ0) is 20.5. The summed E-state index contributed by atoms with van der Waals surface area (Å²) in [5.41, 5.74) is 3.77. The Hall–Kier alpha value is -2.93. The number of rotatable bonds is 4. The lowest BCUT2D eigenvalue weighted by Crippen LogP contribution is -2.44. The van der Waals surface area contributed by atoms with E-state index >= 15 is 0 Å². The maximum absolute atomic E-state index is 12.9. The normalized spacial score (nSPS) is 19.2. The summed E-state index contributed by atoms with van der Waals surface area (Å²) >= 11 is 0. The molecule has 0 bridgehead atoms. The van der Waals surface area contributed by atoms with Gasteiger partial charge < -0.3 is 20.3 Å². The Bertz CT molecular complexity index is 946. The molecule has 7 heteroatoms. The van der Waals surface area contributed by atoms with Gasteiger partial charge in [0.1, 0.15) is 5.82 Å². The topological polar surface area (TPSA) is 83.6 Å². The molecular weight excluding hydrogens is 380 g/mol. The fourth-order valence-electron chi connectivity index (χ4n) is 4.63. The van der Waals surface area contributed by atoms with E-state index in [1.54, 1.807) is 17.2 Å². The molecule has 3 aliphatic rings. The molecule has 1 aromatic heterocycles. The number of carbonyl (C=O) groups excluding carboxylic acids is 2. The van der Waals surface area contributed by atoms with Crippen molar-refractivity contribution in [3.63, 3.8) is 0 Å². The molecule has 2 N–H and O–H groups in total. The highest BCUT2D eigenvalue weighted by molar-refractivity contribution is 6.04. The highest BCUT2D eigenvalue weighted by Crippen LogP contribution is 2.31. The molecule has 0 atom stereocenters. The van der Waals surface area contributed by atoms with Crippen molar-refractivity contribution < 1.29 is 14.3 Å². The molecule has 7 nitrogen and oxygen atoms in total. The van der Waals surface area contributed by atoms with Crippen LogP contribution in [-0.2, 0) is 22.4 Å². The van der Waals surface area contributed by atoms with Gasteiger partial charge in [0, 0.05) is 32.0 Å². The fourth-order valence-corrected chi connectivity index (χ4v) is 4.63. The maximum atomic E-state index is 12.9. The van der Waals surface area contributed by atoms with Crippen LogP contribution in [0.3, 0.4) is 0 Å². The number of carbonyl (C=O) groups is 2. The van der Waals surface area contributed by atoms with E-state index in [-0.39, 0.29) is 24.4 Å². The molecule has 2 amide bonds. The van der Waals surface area contributed by atoms with Gasteiger partial charge in [-0.3, -0.25) is 9.59 Å². The van der Waals surface area contributed by atoms with Crippen LogP contribution in [0, 0.1) is 5.92 Å². The zero-order valence-corrected chi connectivity index (χ0v) is 16.9. The van der Waals surface area contributed by atoms with Crippen LogP contribution < -0.4 is 15.5 Å². The largest absolute Gasteiger partial charge is 0.381 e. The number of ether oxygens (including phenoxy) is 1. The first-order valence-corrected chi connectivity index (χ1v) is 10.7. The van der Waals surface area contributed by atoms with E-state index in [9.17, 15) is 9.59 Å². The van der Waals surface area contributed by atoms with Gasteiger partial charge in [-0.25, -0.2) is 4.98 Å². The van der Waals surface area contributed by atoms with Gasteiger partial charge in [0.25, 0.3) is 5.91 Å². The lowest BCUT2D eigenvalue weighted by atomic mass is 9.99. The van der Waals surface area contributed by atoms with E-state index in [2.05, 4.69) is 27.8 Å². The predicted octanol–water partition coefficient (Wildman–Crippen LogP) is 2.16. The third-order valence-corrected chi connectivity index (χ3v) is 6.30. The van der Waals surface area contributed by atoms with Crippen LogP contribution in [0.4, 0.5) is 11.5 Å². The summed E-state index contributed by atoms with van der Waals surface area (Å²) in [6.45, 7) is 2.35. The molecule has 0 spiro atoms. The summed E-state index contributed by atoms with van der Waals surface area (Å²) in [4.78, 5) is 31.8. The first-order valence-electron chi connectivity index (χ1n) is 10.7. The van der Waals surface area contributed by atoms with Crippen molar-refractivity contribution in [2.75, 3.05) is 36.5 Å². The minimum Gasteiger partial charge on any atom is -0.381 e. The second-order valence-electron chi connectivity index (χ2n) is 8.35. The van der Waals surface area contributed by atoms with Gasteiger partial charge in [0.2, 0.25) is 5.91 Å². The monoisotopic (exact) mass is 406 g/mol. The maximum Gasteiger partial charge on any atom is 0.253 e. The Morgan fingerprint density at radius 2 is 1.93 bits per heavy atom. The van der Waals surface area contributed by atoms with Crippen molar-refractivity contribution in [1.82, 2.24) is 10.3 Å². The van der Waals surface area contributed by atoms with Gasteiger partial charge in [-0.15, -0.1) is 0 Å². The Morgan fingerprint density at radius 1 is 1.20 bits per heavy atom. The minimum atomic E-state index is -0.146. The van der Waals surface area contributed by atoms with Crippen LogP contribution in [-0.4, -0.2) is 49.1 Å². The number of pyridine rings is 1. The number of fused-ring (bicyclic) bond motifs is 2. The standard InChI is InChI=1S/C23H26N4O3/c28-21-13-25-22-20(27(21)14-15-5-7-30-8-6-15)11-18(12-24-22)23(29)26-19-9-16-3-1-2-4-17(16)10-19/h1-4,11-12,15,19H,5-10,13-14H2,(H,24,25)(H,26,29). The lowest BCUT2D eigenvalue weighted by Gasteiger charge is -2.33. The molecule has 1 saturated heterocycles. The summed E-state index contributed by atoms with van der Waals surface area (Å²) in [7, 11) is 0. The second-order valence-corrected chi connectivity index (χ2v) is 8.35. The van der Waals surface area contributed by atoms with Crippen molar-refractivity contribution in [3.8, 4) is 0 Å². The Morgan fingerprint density at radius 3 is 2.67 bits per heavy atom. The summed E-state index contributed by atoms with van der Waals surface area (Å²) in [6, 6.07) is 10.2. The minimum absolute atomic E-state index is 0.0135. The molecule has 2 aliphatic heterocycles. The first-order chi connectivity index (χ1) is 14.7. The van der Waals surface area contributed by atoms with Gasteiger partial charge in [0.15, 0.2) is 0 Å². The number of nitrogens with one attached hydrogen (secondary N) is 2. The van der Waals surface area contributed by atoms with Crippen molar-refractivity contribution in [2.45, 2.75) is 31.7 Å². The Kier molecular flexibility index (Phi) is 5.12. The third-order valence-electron chi connectivity index (χ3n) is 6.30. The predicted molar refractivity (Wildman–Crippen MR) is 114 cm³/mol. The van der Waals surface area contributed by atoms with Crippen LogP contribution >= 0.6 is 0 Å². The second kappa shape index (κ2) is 8.07. The molecule has 3 heterocycles. The van der Waals surface area contributed by atoms with Gasteiger partial charge in [-0.05, 0) is 48.8 Å². The van der Waals surface area contributed by atoms with Gasteiger partial charge in [-0.2, -0.15) is 0 Å². The van der Waals surface area contributed by atoms with Gasteiger partial charge in [0.05, 0.1) is 17.8 Å². The molecule has 30 heavy (non-hydrogen) atoms. The van der Waals surface area contributed by atoms with Crippen LogP contribution in [0.5, 0.6) is 0 Å². The summed E-state index contributed by atoms with van der Waals surface area (Å²) in [5.74, 6) is 0.932. The molecule has 0 saturated carbocycles. The Balaban J connectivity index is 1.32. The number of nitrogens with zero attached hydrogens (tertiary/aromatic N) is 2. The fraction of sp³-hybridized carbons (Fsp3) is 0.435. The number of hydrogen-bond donors (Lipinski definition) is 2. The van der Waals surface area contributed by atoms with E-state index in [4.69, 9.17) is 4.74 Å². The quantitative estimate of drug-likeness (QED) is 0.813. The molecule has 1 fully saturated rings. The summed E-state index contributed by atoms with van der Waals surface area (Å²) in [6.07, 6.45) is 5.17. The van der Waals surface area contributed by atoms with Crippen molar-refractivity contribution >= 4 is 23.3 Å². The van der Waals surface area contributed by atoms with Gasteiger partial charge in [-0.1, -0.05) is 24.3 Å². The van der Waals surface area contributed by atoms with E-state index in [0.29, 0.717) is 29.5 Å². The van der Waals surface area contributed by atoms with Crippen LogP contribution in [0.1, 0.15) is 34.3 Å². The smallest absolute Gasteiger partial charge is 0.253 e. The molecule has 156 valence electrons. The molecule has 2 aromatic rings. The zero-order valence-electron chi connectivity index (χ0n) is 16.9. The SMILES string of the molecule is O=C(NC1Cc2ccccc2C1)c1cnc2c(c1)N(CC1CCOCC1)C(=O)CN2. The van der Waals surface area contributed by atoms with Crippen molar-refractivity contribution in [2.24, 2.45) is 5.92 Å². The molecule has 1 aromatic carbocycles. The van der Waals surface area contributed by atoms with E-state index < -0.39 is 0 Å². The highest BCUT2D eigenvalue weighted by atomic mass is 16.5. The molecule has 0 radical (unpaired) electrons. The van der Waals surface area contributed by atoms with E-state index in [1.165, 1.54) is 11.1 Å². The van der Waals surface area contributed by atoms with E-state index in [0.717, 1.165) is 38.9 Å². The number of anilines is 2. The Labute approximate surface area is 175 Å². The number of benzene rings is 1. The molecule has 1 aliphatic carbocycles. The average molecular weight is 406 g/mol. The van der Waals surface area contributed by atoms with Crippen LogP contribution in [0.2, 0.25) is 0 Å². The number of amides is 2.